The van der Waals surface area contributed by atoms with E-state index in [0.717, 1.165) is 48.7 Å². The third-order valence-corrected chi connectivity index (χ3v) is 23.0. The first-order chi connectivity index (χ1) is 57.8. The Morgan fingerprint density at radius 1 is 0.549 bits per heavy atom. The zero-order chi connectivity index (χ0) is 87.2. The maximum atomic E-state index is 13.9. The van der Waals surface area contributed by atoms with E-state index in [1.54, 1.807) is 28.4 Å². The van der Waals surface area contributed by atoms with Crippen LogP contribution in [0.25, 0.3) is 0 Å². The number of nitriles is 1. The normalized spacial score (nSPS) is 19.7. The zero-order valence-electron chi connectivity index (χ0n) is 66.7. The third kappa shape index (κ3) is 20.3. The Balaban J connectivity index is 0.000000259. The minimum absolute atomic E-state index is 0. The van der Waals surface area contributed by atoms with Gasteiger partial charge in [0.2, 0.25) is 11.8 Å². The van der Waals surface area contributed by atoms with E-state index in [9.17, 15) is 75.1 Å². The average Bonchev–Trinajstić information content (AvgIpc) is 1.52. The number of carbonyl (C=O) groups is 4. The number of aliphatic hydroxyl groups excluding tert-OH is 1. The van der Waals surface area contributed by atoms with E-state index in [1.807, 2.05) is 185 Å². The number of H-pyrrole nitrogens is 2. The van der Waals surface area contributed by atoms with Gasteiger partial charge in [-0.2, -0.15) is 31.6 Å². The number of amides is 4. The van der Waals surface area contributed by atoms with Crippen molar-refractivity contribution in [2.45, 2.75) is 138 Å². The highest BCUT2D eigenvalue weighted by atomic mass is 31.2. The maximum absolute atomic E-state index is 13.9. The van der Waals surface area contributed by atoms with E-state index >= 15 is 0 Å². The third-order valence-electron chi connectivity index (χ3n) is 20.9. The van der Waals surface area contributed by atoms with E-state index in [-0.39, 0.29) is 69.7 Å². The fourth-order valence-corrected chi connectivity index (χ4v) is 17.1. The number of rotatable bonds is 30. The predicted molar refractivity (Wildman–Crippen MR) is 432 cm³/mol. The number of alkyl halides is 6. The van der Waals surface area contributed by atoms with E-state index in [2.05, 4.69) is 55.0 Å². The van der Waals surface area contributed by atoms with Crippen molar-refractivity contribution in [3.63, 3.8) is 0 Å². The van der Waals surface area contributed by atoms with Crippen LogP contribution < -0.4 is 62.7 Å². The van der Waals surface area contributed by atoms with E-state index in [0.29, 0.717) is 23.0 Å². The number of aromatic nitrogens is 4. The molecule has 122 heavy (non-hydrogen) atoms. The molecule has 8 aromatic rings. The quantitative estimate of drug-likeness (QED) is 0.00732. The summed E-state index contributed by atoms with van der Waals surface area (Å²) in [5.41, 5.74) is -3.35. The molecule has 4 amide bonds. The highest BCUT2D eigenvalue weighted by molar-refractivity contribution is 7.44. The van der Waals surface area contributed by atoms with Crippen LogP contribution in [0.3, 0.4) is 0 Å². The van der Waals surface area contributed by atoms with E-state index in [1.165, 1.54) is 16.8 Å². The van der Waals surface area contributed by atoms with Crippen LogP contribution in [0.15, 0.2) is 189 Å². The molecule has 9 atom stereocenters. The van der Waals surface area contributed by atoms with Crippen LogP contribution in [-0.2, 0) is 58.0 Å². The molecular weight excluding hydrogens is 1620 g/mol. The molecule has 29 nitrogen and oxygen atoms in total. The molecular formula is C86H91F6N10O19P. The smallest absolute Gasteiger partial charge is 0.471 e. The first-order valence-corrected chi connectivity index (χ1v) is 39.1. The largest absolute Gasteiger partial charge is 0.497 e. The minimum atomic E-state index is -5.17. The minimum Gasteiger partial charge on any atom is -0.497 e. The number of ether oxygens (including phenoxy) is 8. The van der Waals surface area contributed by atoms with Gasteiger partial charge in [-0.25, -0.2) is 14.3 Å². The molecule has 4 fully saturated rings. The second-order valence-electron chi connectivity index (χ2n) is 29.0. The standard InChI is InChI=1S/C47H52F3N6O10P.C38H35F3N4O9.CH4/c1-30(2)56(31(3)4)67(64-25-11-23-51)66-40-39-42(55-27-32(41(58)54-44(55)60)12-10-24-52-38(57)26-53-43(59)47(48,49)50)65-45(40,29-63-39)28-46(33-13-8-7-9-14-33,34-15-19-36(61-5)20-16-34)35-17-21-37(62-6)22-18-35;1-51-27-14-10-25(11-15-27)37(24-8-4-3-5-9-24,26-12-16-28(52-2)17-13-26)21-36-22-53-30(31(36)47)33(54-36)45-20-23(32(48)44-35(45)50)7-6-18-42-29(46)19-43-34(49)38(39,40)41;/h7-9,13-22,27,30-31,39-40,42H,11,24-26,28-29H2,1-6H3,(H,52,57)(H,53,59)(H,54,58,60);3-5,8-17,20,30-31,33,47H,18-19,21-22H2,1-2H3,(H,42,46)(H,43,49)(H,44,48,50);1H4/t39-,40?,42+,45-,67?;30-,31?,33+,36-;/m00./s1. The number of methoxy groups -OCH3 is 4. The van der Waals surface area contributed by atoms with Crippen LogP contribution in [0.4, 0.5) is 26.3 Å². The number of hydrogen-bond acceptors (Lipinski definition) is 21. The summed E-state index contributed by atoms with van der Waals surface area (Å²) < 4.78 is 141. The Morgan fingerprint density at radius 2 is 0.902 bits per heavy atom. The second-order valence-corrected chi connectivity index (χ2v) is 30.4. The van der Waals surface area contributed by atoms with Crippen LogP contribution >= 0.6 is 8.53 Å². The van der Waals surface area contributed by atoms with Crippen molar-refractivity contribution in [1.82, 2.24) is 45.0 Å². The molecule has 4 bridgehead atoms. The Hall–Kier alpha value is -11.9. The highest BCUT2D eigenvalue weighted by Gasteiger charge is 2.68. The summed E-state index contributed by atoms with van der Waals surface area (Å²) in [6.45, 7) is 5.36. The first kappa shape index (κ1) is 92.3. The Bertz CT molecular complexity index is 5320. The zero-order valence-corrected chi connectivity index (χ0v) is 67.5. The monoisotopic (exact) mass is 1710 g/mol. The topological polar surface area (TPSA) is 366 Å². The number of fused-ring (bicyclic) bond motifs is 4. The lowest BCUT2D eigenvalue weighted by Gasteiger charge is -2.44. The molecule has 6 heterocycles. The van der Waals surface area contributed by atoms with Crippen LogP contribution in [0, 0.1) is 35.0 Å². The van der Waals surface area contributed by atoms with Crippen molar-refractivity contribution in [3.8, 4) is 52.7 Å². The van der Waals surface area contributed by atoms with Crippen LogP contribution in [0.1, 0.15) is 111 Å². The molecule has 4 aliphatic rings. The number of nitrogens with one attached hydrogen (secondary N) is 6. The van der Waals surface area contributed by atoms with Crippen LogP contribution in [-0.4, -0.2) is 187 Å². The van der Waals surface area contributed by atoms with Gasteiger partial charge in [-0.3, -0.25) is 47.9 Å². The number of nitrogens with zero attached hydrogens (tertiary/aromatic N) is 4. The second kappa shape index (κ2) is 39.7. The molecule has 6 aromatic carbocycles. The Kier molecular flexibility index (Phi) is 30.1. The molecule has 36 heteroatoms. The van der Waals surface area contributed by atoms with Crippen molar-refractivity contribution in [2.24, 2.45) is 0 Å². The fourth-order valence-electron chi connectivity index (χ4n) is 15.3. The molecule has 4 aliphatic heterocycles. The van der Waals surface area contributed by atoms with Crippen LogP contribution in [0.2, 0.25) is 0 Å². The van der Waals surface area contributed by atoms with Crippen molar-refractivity contribution in [2.75, 3.05) is 74.4 Å². The Labute approximate surface area is 698 Å². The molecule has 0 saturated carbocycles. The lowest BCUT2D eigenvalue weighted by atomic mass is 9.63. The highest BCUT2D eigenvalue weighted by Crippen LogP contribution is 2.60. The molecule has 2 aromatic heterocycles. The summed E-state index contributed by atoms with van der Waals surface area (Å²) in [5, 5.41) is 28.7. The number of hydrogen-bond donors (Lipinski definition) is 7. The van der Waals surface area contributed by atoms with E-state index in [4.69, 9.17) is 46.9 Å². The number of aromatic amines is 2. The number of halogens is 6. The first-order valence-electron chi connectivity index (χ1n) is 37.9. The molecule has 646 valence electrons. The van der Waals surface area contributed by atoms with Gasteiger partial charge in [-0.15, -0.1) is 0 Å². The Morgan fingerprint density at radius 3 is 1.27 bits per heavy atom. The van der Waals surface area contributed by atoms with Gasteiger partial charge in [-0.05, 0) is 122 Å². The van der Waals surface area contributed by atoms with Gasteiger partial charge >= 0.3 is 35.5 Å². The molecule has 0 radical (unpaired) electrons. The summed E-state index contributed by atoms with van der Waals surface area (Å²) in [6, 6.07) is 52.1. The van der Waals surface area contributed by atoms with Gasteiger partial charge in [0, 0.05) is 35.3 Å². The lowest BCUT2D eigenvalue weighted by molar-refractivity contribution is -0.180. The van der Waals surface area contributed by atoms with Gasteiger partial charge in [0.15, 0.2) is 12.5 Å². The summed E-state index contributed by atoms with van der Waals surface area (Å²) in [5.74, 6) is 6.25. The van der Waals surface area contributed by atoms with Gasteiger partial charge in [-0.1, -0.05) is 140 Å². The summed E-state index contributed by atoms with van der Waals surface area (Å²) >= 11 is 0. The SMILES string of the molecule is C.COc1ccc(C(C[C@]23CO[C@@H](C2O)[C@H](n2cc(C#CCNC(=O)CNC(=O)C(F)(F)F)c(=O)[nH]c2=O)O3)(c2ccccc2)c2ccc(OC)cc2)cc1.COc1ccc(C(C[C@]23CO[C@@H](C2OP(OCCC#N)N(C(C)C)C(C)C)[C@H](n2cc(C#CCNC(=O)CNC(=O)C(F)(F)F)c(=O)[nH]c2=O)O3)(c2ccccc2)c2ccc(OC)cc2)cc1. The fraction of sp³-hybridized carbons (Fsp3) is 0.384. The van der Waals surface area contributed by atoms with Crippen molar-refractivity contribution in [3.05, 3.63) is 256 Å². The van der Waals surface area contributed by atoms with Crippen molar-refractivity contribution in [1.29, 1.82) is 5.26 Å². The van der Waals surface area contributed by atoms with Crippen LogP contribution in [0.5, 0.6) is 23.0 Å². The lowest BCUT2D eigenvalue weighted by Crippen LogP contribution is -2.49. The number of benzene rings is 6. The van der Waals surface area contributed by atoms with Gasteiger partial charge in [0.25, 0.3) is 19.6 Å². The van der Waals surface area contributed by atoms with E-state index < -0.39 is 152 Å². The van der Waals surface area contributed by atoms with Crippen molar-refractivity contribution < 1.29 is 97.6 Å². The number of carbonyl (C=O) groups excluding carboxylic acids is 4. The maximum Gasteiger partial charge on any atom is 0.471 e. The summed E-state index contributed by atoms with van der Waals surface area (Å²) in [7, 11) is 4.40. The molecule has 7 N–H and O–H groups in total. The molecule has 3 unspecified atom stereocenters. The average molecular weight is 1710 g/mol. The number of aliphatic hydroxyl groups is 1. The van der Waals surface area contributed by atoms with Gasteiger partial charge in [0.05, 0.1) is 86.9 Å². The summed E-state index contributed by atoms with van der Waals surface area (Å²) in [6.07, 6.45) is -14.2. The summed E-state index contributed by atoms with van der Waals surface area (Å²) in [4.78, 5) is 103. The molecule has 0 spiro atoms. The molecule has 0 aliphatic carbocycles. The van der Waals surface area contributed by atoms with Gasteiger partial charge in [0.1, 0.15) is 69.7 Å². The predicted octanol–water partition coefficient (Wildman–Crippen LogP) is 8.24. The van der Waals surface area contributed by atoms with Gasteiger partial charge < -0.3 is 73.3 Å². The van der Waals surface area contributed by atoms with Crippen molar-refractivity contribution >= 4 is 32.2 Å². The molecule has 12 rings (SSSR count). The molecule has 4 saturated heterocycles.